The molecule has 2 aliphatic rings. The molecule has 1 aliphatic heterocycles. The first-order valence-corrected chi connectivity index (χ1v) is 8.84. The third-order valence-corrected chi connectivity index (χ3v) is 5.09. The van der Waals surface area contributed by atoms with E-state index >= 15 is 0 Å². The lowest BCUT2D eigenvalue weighted by Crippen LogP contribution is -2.37. The molecule has 0 radical (unpaired) electrons. The lowest BCUT2D eigenvalue weighted by atomic mass is 9.97. The van der Waals surface area contributed by atoms with Crippen LogP contribution in [0.25, 0.3) is 0 Å². The fraction of sp³-hybridized carbons (Fsp3) is 0.647. The van der Waals surface area contributed by atoms with Crippen LogP contribution in [0.4, 0.5) is 0 Å². The van der Waals surface area contributed by atoms with Gasteiger partial charge in [-0.1, -0.05) is 0 Å². The molecule has 0 bridgehead atoms. The highest BCUT2D eigenvalue weighted by molar-refractivity contribution is 4.97. The van der Waals surface area contributed by atoms with E-state index in [0.717, 1.165) is 50.5 Å². The summed E-state index contributed by atoms with van der Waals surface area (Å²) in [6, 6.07) is 4.02. The Bertz CT molecular complexity index is 754. The molecule has 0 atom stereocenters. The summed E-state index contributed by atoms with van der Waals surface area (Å²) in [5.74, 6) is 1.61. The first-order valence-electron chi connectivity index (χ1n) is 8.84. The first kappa shape index (κ1) is 15.5. The van der Waals surface area contributed by atoms with Gasteiger partial charge in [-0.2, -0.15) is 5.10 Å². The zero-order valence-corrected chi connectivity index (χ0v) is 14.1. The minimum absolute atomic E-state index is 0.000523. The van der Waals surface area contributed by atoms with E-state index in [0.29, 0.717) is 12.0 Å². The van der Waals surface area contributed by atoms with E-state index in [2.05, 4.69) is 24.8 Å². The van der Waals surface area contributed by atoms with Crippen LogP contribution in [0.15, 0.2) is 23.3 Å². The Balaban J connectivity index is 1.32. The SMILES string of the molecule is Cc1ccc(=O)n(CC2CCN(Cc3nncn3C3CC3)CC2)n1. The monoisotopic (exact) mass is 328 g/mol. The zero-order valence-electron chi connectivity index (χ0n) is 14.1. The van der Waals surface area contributed by atoms with Gasteiger partial charge in [0.05, 0.1) is 12.2 Å². The number of likely N-dealkylation sites (tertiary alicyclic amines) is 1. The third-order valence-electron chi connectivity index (χ3n) is 5.09. The van der Waals surface area contributed by atoms with Crippen LogP contribution in [-0.2, 0) is 13.1 Å². The van der Waals surface area contributed by atoms with Crippen LogP contribution in [-0.4, -0.2) is 42.5 Å². The number of aryl methyl sites for hydroxylation is 1. The van der Waals surface area contributed by atoms with Crippen LogP contribution in [0.1, 0.15) is 43.2 Å². The molecule has 0 spiro atoms. The number of piperidine rings is 1. The van der Waals surface area contributed by atoms with Crippen molar-refractivity contribution in [2.75, 3.05) is 13.1 Å². The predicted molar refractivity (Wildman–Crippen MR) is 89.5 cm³/mol. The summed E-state index contributed by atoms with van der Waals surface area (Å²) < 4.78 is 3.86. The van der Waals surface area contributed by atoms with E-state index in [1.807, 2.05) is 13.3 Å². The molecule has 1 aliphatic carbocycles. The summed E-state index contributed by atoms with van der Waals surface area (Å²) in [7, 11) is 0. The zero-order chi connectivity index (χ0) is 16.5. The van der Waals surface area contributed by atoms with Crippen molar-refractivity contribution in [3.05, 3.63) is 40.3 Å². The van der Waals surface area contributed by atoms with Crippen molar-refractivity contribution in [3.8, 4) is 0 Å². The Hall–Kier alpha value is -2.02. The molecule has 3 heterocycles. The van der Waals surface area contributed by atoms with Crippen molar-refractivity contribution in [1.82, 2.24) is 29.4 Å². The summed E-state index contributed by atoms with van der Waals surface area (Å²) in [5, 5.41) is 12.7. The molecule has 7 nitrogen and oxygen atoms in total. The molecule has 0 amide bonds. The summed E-state index contributed by atoms with van der Waals surface area (Å²) in [4.78, 5) is 14.4. The summed E-state index contributed by atoms with van der Waals surface area (Å²) in [6.45, 7) is 5.62. The van der Waals surface area contributed by atoms with Crippen molar-refractivity contribution in [3.63, 3.8) is 0 Å². The van der Waals surface area contributed by atoms with Crippen LogP contribution in [0.2, 0.25) is 0 Å². The van der Waals surface area contributed by atoms with E-state index < -0.39 is 0 Å². The van der Waals surface area contributed by atoms with Crippen molar-refractivity contribution in [2.45, 2.75) is 51.7 Å². The van der Waals surface area contributed by atoms with Crippen molar-refractivity contribution < 1.29 is 0 Å². The number of nitrogens with zero attached hydrogens (tertiary/aromatic N) is 6. The second-order valence-corrected chi connectivity index (χ2v) is 7.10. The van der Waals surface area contributed by atoms with E-state index in [9.17, 15) is 4.79 Å². The van der Waals surface area contributed by atoms with Crippen molar-refractivity contribution in [1.29, 1.82) is 0 Å². The minimum atomic E-state index is 0.000523. The average Bonchev–Trinajstić information content (AvgIpc) is 3.32. The highest BCUT2D eigenvalue weighted by Crippen LogP contribution is 2.35. The van der Waals surface area contributed by atoms with Crippen LogP contribution in [0.5, 0.6) is 0 Å². The predicted octanol–water partition coefficient (Wildman–Crippen LogP) is 1.39. The number of hydrogen-bond donors (Lipinski definition) is 0. The average molecular weight is 328 g/mol. The van der Waals surface area contributed by atoms with Gasteiger partial charge in [-0.15, -0.1) is 10.2 Å². The molecule has 2 aromatic rings. The summed E-state index contributed by atoms with van der Waals surface area (Å²) >= 11 is 0. The van der Waals surface area contributed by atoms with Gasteiger partial charge in [0, 0.05) is 18.7 Å². The number of rotatable bonds is 5. The Kier molecular flexibility index (Phi) is 4.18. The Morgan fingerprint density at radius 2 is 1.96 bits per heavy atom. The molecular formula is C17H24N6O. The second kappa shape index (κ2) is 6.47. The summed E-state index contributed by atoms with van der Waals surface area (Å²) in [5.41, 5.74) is 0.895. The molecule has 0 N–H and O–H groups in total. The van der Waals surface area contributed by atoms with Gasteiger partial charge in [0.2, 0.25) is 0 Å². The van der Waals surface area contributed by atoms with Crippen LogP contribution >= 0.6 is 0 Å². The quantitative estimate of drug-likeness (QED) is 0.830. The largest absolute Gasteiger partial charge is 0.313 e. The van der Waals surface area contributed by atoms with Gasteiger partial charge >= 0.3 is 0 Å². The van der Waals surface area contributed by atoms with Crippen molar-refractivity contribution in [2.24, 2.45) is 5.92 Å². The van der Waals surface area contributed by atoms with Crippen LogP contribution < -0.4 is 5.56 Å². The fourth-order valence-electron chi connectivity index (χ4n) is 3.49. The molecule has 0 unspecified atom stereocenters. The molecule has 128 valence electrons. The Morgan fingerprint density at radius 1 is 1.17 bits per heavy atom. The van der Waals surface area contributed by atoms with Gasteiger partial charge in [-0.05, 0) is 57.7 Å². The lowest BCUT2D eigenvalue weighted by Gasteiger charge is -2.31. The maximum atomic E-state index is 11.9. The molecule has 4 rings (SSSR count). The van der Waals surface area contributed by atoms with Crippen LogP contribution in [0, 0.1) is 12.8 Å². The lowest BCUT2D eigenvalue weighted by molar-refractivity contribution is 0.158. The molecule has 7 heteroatoms. The molecule has 1 saturated heterocycles. The molecule has 0 aromatic carbocycles. The van der Waals surface area contributed by atoms with E-state index in [1.54, 1.807) is 16.8 Å². The highest BCUT2D eigenvalue weighted by Gasteiger charge is 2.27. The Morgan fingerprint density at radius 3 is 2.71 bits per heavy atom. The van der Waals surface area contributed by atoms with E-state index in [4.69, 9.17) is 0 Å². The highest BCUT2D eigenvalue weighted by atomic mass is 16.1. The first-order chi connectivity index (χ1) is 11.7. The van der Waals surface area contributed by atoms with Crippen molar-refractivity contribution >= 4 is 0 Å². The maximum Gasteiger partial charge on any atom is 0.266 e. The molecule has 2 aromatic heterocycles. The van der Waals surface area contributed by atoms with Gasteiger partial charge in [0.25, 0.3) is 5.56 Å². The molecular weight excluding hydrogens is 304 g/mol. The third kappa shape index (κ3) is 3.40. The number of aromatic nitrogens is 5. The summed E-state index contributed by atoms with van der Waals surface area (Å²) in [6.07, 6.45) is 6.57. The van der Waals surface area contributed by atoms with Gasteiger partial charge in [-0.3, -0.25) is 9.69 Å². The fourth-order valence-corrected chi connectivity index (χ4v) is 3.49. The molecule has 24 heavy (non-hydrogen) atoms. The topological polar surface area (TPSA) is 68.8 Å². The normalized spacial score (nSPS) is 19.7. The van der Waals surface area contributed by atoms with E-state index in [-0.39, 0.29) is 5.56 Å². The van der Waals surface area contributed by atoms with E-state index in [1.165, 1.54) is 12.8 Å². The maximum absolute atomic E-state index is 11.9. The minimum Gasteiger partial charge on any atom is -0.313 e. The van der Waals surface area contributed by atoms with Gasteiger partial charge < -0.3 is 4.57 Å². The standard InChI is InChI=1S/C17H24N6O/c1-13-2-5-17(24)23(20-13)10-14-6-8-21(9-7-14)11-16-19-18-12-22(16)15-3-4-15/h2,5,12,14-15H,3-4,6-11H2,1H3. The van der Waals surface area contributed by atoms with Gasteiger partial charge in [0.1, 0.15) is 12.2 Å². The number of hydrogen-bond acceptors (Lipinski definition) is 5. The van der Waals surface area contributed by atoms with Gasteiger partial charge in [-0.25, -0.2) is 4.68 Å². The molecule has 1 saturated carbocycles. The molecule has 2 fully saturated rings. The van der Waals surface area contributed by atoms with Crippen LogP contribution in [0.3, 0.4) is 0 Å². The smallest absolute Gasteiger partial charge is 0.266 e. The van der Waals surface area contributed by atoms with Gasteiger partial charge in [0.15, 0.2) is 0 Å². The Labute approximate surface area is 141 Å². The second-order valence-electron chi connectivity index (χ2n) is 7.10.